The summed E-state index contributed by atoms with van der Waals surface area (Å²) in [6.45, 7) is 4.07. The third-order valence-electron chi connectivity index (χ3n) is 2.94. The molecule has 2 amide bonds. The smallest absolute Gasteiger partial charge is 0.267 e. The largest absolute Gasteiger partial charge is 0.293 e. The van der Waals surface area contributed by atoms with E-state index in [2.05, 4.69) is 0 Å². The summed E-state index contributed by atoms with van der Waals surface area (Å²) in [7, 11) is 0. The van der Waals surface area contributed by atoms with Crippen molar-refractivity contribution < 1.29 is 9.59 Å². The highest BCUT2D eigenvalue weighted by Crippen LogP contribution is 2.32. The number of carbonyl (C=O) groups excluding carboxylic acids is 2. The number of anilines is 1. The van der Waals surface area contributed by atoms with Gasteiger partial charge in [-0.15, -0.1) is 0 Å². The predicted octanol–water partition coefficient (Wildman–Crippen LogP) is 3.15. The quantitative estimate of drug-likeness (QED) is 0.631. The van der Waals surface area contributed by atoms with Crippen LogP contribution in [0, 0.1) is 0 Å². The van der Waals surface area contributed by atoms with Gasteiger partial charge in [-0.3, -0.25) is 19.4 Å². The minimum atomic E-state index is -0.151. The molecular weight excluding hydrogens is 304 g/mol. The van der Waals surface area contributed by atoms with Crippen molar-refractivity contribution in [3.63, 3.8) is 0 Å². The van der Waals surface area contributed by atoms with Crippen molar-refractivity contribution in [2.45, 2.75) is 20.3 Å². The maximum atomic E-state index is 12.3. The molecule has 1 aromatic carbocycles. The highest BCUT2D eigenvalue weighted by Gasteiger charge is 2.32. The van der Waals surface area contributed by atoms with Gasteiger partial charge in [0.2, 0.25) is 5.91 Å². The van der Waals surface area contributed by atoms with Gasteiger partial charge in [-0.05, 0) is 18.6 Å². The summed E-state index contributed by atoms with van der Waals surface area (Å²) < 4.78 is 0.546. The number of hydrogen-bond acceptors (Lipinski definition) is 4. The van der Waals surface area contributed by atoms with Gasteiger partial charge in [-0.1, -0.05) is 49.1 Å². The van der Waals surface area contributed by atoms with Crippen molar-refractivity contribution in [1.82, 2.24) is 4.90 Å². The number of hydrogen-bond donors (Lipinski definition) is 0. The molecule has 1 aliphatic heterocycles. The van der Waals surface area contributed by atoms with Gasteiger partial charge in [-0.25, -0.2) is 0 Å². The maximum absolute atomic E-state index is 12.3. The van der Waals surface area contributed by atoms with Crippen LogP contribution in [0.5, 0.6) is 0 Å². The van der Waals surface area contributed by atoms with E-state index in [9.17, 15) is 9.59 Å². The Kier molecular flexibility index (Phi) is 5.14. The summed E-state index contributed by atoms with van der Waals surface area (Å²) in [5, 5.41) is 0. The topological polar surface area (TPSA) is 40.6 Å². The van der Waals surface area contributed by atoms with Crippen LogP contribution >= 0.6 is 24.0 Å². The van der Waals surface area contributed by atoms with Crippen LogP contribution in [0.2, 0.25) is 0 Å². The third-order valence-corrected chi connectivity index (χ3v) is 4.31. The lowest BCUT2D eigenvalue weighted by atomic mass is 10.3. The molecule has 0 radical (unpaired) electrons. The van der Waals surface area contributed by atoms with Crippen molar-refractivity contribution in [2.75, 3.05) is 11.4 Å². The fraction of sp³-hybridized carbons (Fsp3) is 0.267. The van der Waals surface area contributed by atoms with Gasteiger partial charge in [0, 0.05) is 25.4 Å². The monoisotopic (exact) mass is 320 g/mol. The lowest BCUT2D eigenvalue weighted by Crippen LogP contribution is -2.29. The number of thiocarbonyl (C=S) groups is 1. The Bertz CT molecular complexity index is 599. The van der Waals surface area contributed by atoms with Gasteiger partial charge in [0.15, 0.2) is 0 Å². The predicted molar refractivity (Wildman–Crippen MR) is 89.9 cm³/mol. The number of nitrogens with zero attached hydrogens (tertiary/aromatic N) is 2. The van der Waals surface area contributed by atoms with Gasteiger partial charge >= 0.3 is 0 Å². The van der Waals surface area contributed by atoms with Crippen LogP contribution in [-0.4, -0.2) is 27.6 Å². The highest BCUT2D eigenvalue weighted by atomic mass is 32.2. The molecule has 4 nitrogen and oxygen atoms in total. The zero-order valence-electron chi connectivity index (χ0n) is 11.9. The molecule has 0 spiro atoms. The summed E-state index contributed by atoms with van der Waals surface area (Å²) in [6, 6.07) is 9.22. The average molecular weight is 320 g/mol. The summed E-state index contributed by atoms with van der Waals surface area (Å²) in [6.07, 6.45) is 2.42. The first-order valence-electron chi connectivity index (χ1n) is 6.65. The molecule has 1 saturated heterocycles. The van der Waals surface area contributed by atoms with Crippen LogP contribution in [0.25, 0.3) is 0 Å². The van der Waals surface area contributed by atoms with E-state index in [1.54, 1.807) is 11.1 Å². The van der Waals surface area contributed by atoms with E-state index in [1.807, 2.05) is 37.3 Å². The third kappa shape index (κ3) is 3.51. The Labute approximate surface area is 133 Å². The molecule has 6 heteroatoms. The average Bonchev–Trinajstić information content (AvgIpc) is 2.73. The molecule has 0 aliphatic carbocycles. The van der Waals surface area contributed by atoms with Crippen LogP contribution in [0.3, 0.4) is 0 Å². The molecule has 0 unspecified atom stereocenters. The van der Waals surface area contributed by atoms with Gasteiger partial charge in [0.1, 0.15) is 4.32 Å². The molecule has 2 rings (SSSR count). The second kappa shape index (κ2) is 6.87. The van der Waals surface area contributed by atoms with Gasteiger partial charge < -0.3 is 0 Å². The molecule has 0 N–H and O–H groups in total. The first kappa shape index (κ1) is 15.7. The summed E-state index contributed by atoms with van der Waals surface area (Å²) >= 11 is 6.46. The normalized spacial score (nSPS) is 16.7. The fourth-order valence-electron chi connectivity index (χ4n) is 1.96. The van der Waals surface area contributed by atoms with E-state index in [-0.39, 0.29) is 11.8 Å². The minimum Gasteiger partial charge on any atom is -0.293 e. The standard InChI is InChI=1S/C15H16N2O2S2/c1-3-9-16-14(19)13(21-15(16)20)10-17(11(2)18)12-7-5-4-6-8-12/h4-8,10H,3,9H2,1-2H3/b13-10-. The zero-order chi connectivity index (χ0) is 15.4. The number of rotatable bonds is 4. The van der Waals surface area contributed by atoms with Crippen molar-refractivity contribution >= 4 is 45.8 Å². The lowest BCUT2D eigenvalue weighted by molar-refractivity contribution is -0.122. The second-order valence-corrected chi connectivity index (χ2v) is 6.22. The van der Waals surface area contributed by atoms with E-state index >= 15 is 0 Å². The number of amides is 2. The van der Waals surface area contributed by atoms with E-state index < -0.39 is 0 Å². The van der Waals surface area contributed by atoms with E-state index in [0.29, 0.717) is 15.8 Å². The van der Waals surface area contributed by atoms with Crippen molar-refractivity contribution in [3.05, 3.63) is 41.4 Å². The minimum absolute atomic E-state index is 0.131. The van der Waals surface area contributed by atoms with E-state index in [0.717, 1.165) is 12.1 Å². The van der Waals surface area contributed by atoms with Crippen LogP contribution in [0.4, 0.5) is 5.69 Å². The van der Waals surface area contributed by atoms with E-state index in [4.69, 9.17) is 12.2 Å². The highest BCUT2D eigenvalue weighted by molar-refractivity contribution is 8.26. The Morgan fingerprint density at radius 1 is 1.38 bits per heavy atom. The number of para-hydroxylation sites is 1. The van der Waals surface area contributed by atoms with Crippen LogP contribution < -0.4 is 4.90 Å². The molecule has 21 heavy (non-hydrogen) atoms. The van der Waals surface area contributed by atoms with E-state index in [1.165, 1.54) is 23.6 Å². The number of thioether (sulfide) groups is 1. The molecule has 1 aromatic rings. The first-order valence-corrected chi connectivity index (χ1v) is 7.87. The Hall–Kier alpha value is -1.66. The number of benzene rings is 1. The van der Waals surface area contributed by atoms with Crippen molar-refractivity contribution in [3.8, 4) is 0 Å². The molecule has 0 saturated carbocycles. The Balaban J connectivity index is 2.30. The maximum Gasteiger partial charge on any atom is 0.267 e. The lowest BCUT2D eigenvalue weighted by Gasteiger charge is -2.17. The van der Waals surface area contributed by atoms with Crippen LogP contribution in [-0.2, 0) is 9.59 Å². The molecular formula is C15H16N2O2S2. The van der Waals surface area contributed by atoms with Crippen molar-refractivity contribution in [1.29, 1.82) is 0 Å². The molecule has 1 aliphatic rings. The van der Waals surface area contributed by atoms with Gasteiger partial charge in [0.05, 0.1) is 4.91 Å². The molecule has 1 fully saturated rings. The molecule has 1 heterocycles. The zero-order valence-corrected chi connectivity index (χ0v) is 13.5. The van der Waals surface area contributed by atoms with Gasteiger partial charge in [-0.2, -0.15) is 0 Å². The molecule has 0 aromatic heterocycles. The Morgan fingerprint density at radius 3 is 2.62 bits per heavy atom. The molecule has 0 atom stereocenters. The summed E-state index contributed by atoms with van der Waals surface area (Å²) in [5.74, 6) is -0.281. The number of carbonyl (C=O) groups is 2. The van der Waals surface area contributed by atoms with Crippen LogP contribution in [0.1, 0.15) is 20.3 Å². The summed E-state index contributed by atoms with van der Waals surface area (Å²) in [4.78, 5) is 27.7. The second-order valence-electron chi connectivity index (χ2n) is 4.54. The first-order chi connectivity index (χ1) is 10.0. The van der Waals surface area contributed by atoms with Crippen molar-refractivity contribution in [2.24, 2.45) is 0 Å². The molecule has 0 bridgehead atoms. The van der Waals surface area contributed by atoms with Crippen LogP contribution in [0.15, 0.2) is 41.4 Å². The van der Waals surface area contributed by atoms with Gasteiger partial charge in [0.25, 0.3) is 5.91 Å². The molecule has 110 valence electrons. The fourth-order valence-corrected chi connectivity index (χ4v) is 3.23. The Morgan fingerprint density at radius 2 is 2.05 bits per heavy atom. The SMILES string of the molecule is CCCN1C(=O)/C(=C/N(C(C)=O)c2ccccc2)SC1=S. The summed E-state index contributed by atoms with van der Waals surface area (Å²) in [5.41, 5.74) is 0.728.